The van der Waals surface area contributed by atoms with Gasteiger partial charge in [-0.05, 0) is 18.4 Å². The molecule has 24 heavy (non-hydrogen) atoms. The number of H-pyrrole nitrogens is 2. The predicted octanol–water partition coefficient (Wildman–Crippen LogP) is 3.27. The quantitative estimate of drug-likeness (QED) is 0.471. The Morgan fingerprint density at radius 3 is 2.92 bits per heavy atom. The SMILES string of the molecule is C[C@H](Sc1n[nH]c(N)n1)c1nc2scc(-c3cccs3)c2c(=O)[nH]1. The summed E-state index contributed by atoms with van der Waals surface area (Å²) in [7, 11) is 0. The number of nitrogens with zero attached hydrogens (tertiary/aromatic N) is 3. The van der Waals surface area contributed by atoms with Crippen LogP contribution in [-0.4, -0.2) is 25.1 Å². The van der Waals surface area contributed by atoms with Gasteiger partial charge in [-0.2, -0.15) is 4.98 Å². The lowest BCUT2D eigenvalue weighted by Gasteiger charge is -2.07. The summed E-state index contributed by atoms with van der Waals surface area (Å²) in [5, 5.41) is 11.6. The number of hydrogen-bond donors (Lipinski definition) is 3. The Hall–Kier alpha value is -2.17. The fourth-order valence-electron chi connectivity index (χ4n) is 2.30. The Morgan fingerprint density at radius 2 is 2.21 bits per heavy atom. The Bertz CT molecular complexity index is 1050. The second kappa shape index (κ2) is 6.04. The van der Waals surface area contributed by atoms with Crippen LogP contribution >= 0.6 is 34.4 Å². The molecule has 4 N–H and O–H groups in total. The van der Waals surface area contributed by atoms with E-state index >= 15 is 0 Å². The lowest BCUT2D eigenvalue weighted by atomic mass is 10.2. The van der Waals surface area contributed by atoms with Gasteiger partial charge in [0, 0.05) is 15.8 Å². The number of fused-ring (bicyclic) bond motifs is 1. The molecule has 0 saturated heterocycles. The van der Waals surface area contributed by atoms with Crippen molar-refractivity contribution >= 4 is 50.6 Å². The minimum absolute atomic E-state index is 0.107. The molecule has 0 aliphatic carbocycles. The van der Waals surface area contributed by atoms with Crippen LogP contribution in [-0.2, 0) is 0 Å². The molecule has 0 spiro atoms. The summed E-state index contributed by atoms with van der Waals surface area (Å²) in [5.74, 6) is 0.862. The van der Waals surface area contributed by atoms with Gasteiger partial charge in [0.15, 0.2) is 0 Å². The van der Waals surface area contributed by atoms with Gasteiger partial charge in [0.25, 0.3) is 5.56 Å². The molecule has 0 aliphatic heterocycles. The van der Waals surface area contributed by atoms with Crippen LogP contribution in [0.5, 0.6) is 0 Å². The molecule has 0 unspecified atom stereocenters. The lowest BCUT2D eigenvalue weighted by molar-refractivity contribution is 0.906. The van der Waals surface area contributed by atoms with E-state index < -0.39 is 0 Å². The first-order chi connectivity index (χ1) is 11.6. The van der Waals surface area contributed by atoms with Crippen LogP contribution in [0.1, 0.15) is 18.0 Å². The van der Waals surface area contributed by atoms with Crippen molar-refractivity contribution in [3.8, 4) is 10.4 Å². The van der Waals surface area contributed by atoms with E-state index in [4.69, 9.17) is 5.73 Å². The number of hydrogen-bond acceptors (Lipinski definition) is 8. The van der Waals surface area contributed by atoms with Crippen LogP contribution in [0.4, 0.5) is 5.95 Å². The van der Waals surface area contributed by atoms with Crippen molar-refractivity contribution in [3.05, 3.63) is 39.1 Å². The molecule has 122 valence electrons. The van der Waals surface area contributed by atoms with Crippen molar-refractivity contribution in [1.82, 2.24) is 25.1 Å². The Labute approximate surface area is 148 Å². The molecule has 0 aromatic carbocycles. The Morgan fingerprint density at radius 1 is 1.33 bits per heavy atom. The summed E-state index contributed by atoms with van der Waals surface area (Å²) in [4.78, 5) is 26.0. The molecule has 7 nitrogen and oxygen atoms in total. The number of aromatic amines is 2. The molecule has 4 aromatic rings. The van der Waals surface area contributed by atoms with Gasteiger partial charge >= 0.3 is 0 Å². The van der Waals surface area contributed by atoms with Gasteiger partial charge < -0.3 is 10.7 Å². The first kappa shape index (κ1) is 15.4. The Balaban J connectivity index is 1.72. The summed E-state index contributed by atoms with van der Waals surface area (Å²) in [6.07, 6.45) is 0. The number of thioether (sulfide) groups is 1. The minimum Gasteiger partial charge on any atom is -0.368 e. The molecule has 4 heterocycles. The number of aromatic nitrogens is 5. The predicted molar refractivity (Wildman–Crippen MR) is 98.6 cm³/mol. The number of nitrogen functional groups attached to an aromatic ring is 1. The van der Waals surface area contributed by atoms with Crippen molar-refractivity contribution in [2.75, 3.05) is 5.73 Å². The smallest absolute Gasteiger partial charge is 0.260 e. The van der Waals surface area contributed by atoms with E-state index in [2.05, 4.69) is 25.1 Å². The number of nitrogens with two attached hydrogens (primary N) is 1. The second-order valence-electron chi connectivity index (χ2n) is 5.02. The minimum atomic E-state index is -0.124. The van der Waals surface area contributed by atoms with Crippen LogP contribution in [0.25, 0.3) is 20.7 Å². The van der Waals surface area contributed by atoms with Gasteiger partial charge in [-0.25, -0.2) is 10.1 Å². The maximum Gasteiger partial charge on any atom is 0.260 e. The topological polar surface area (TPSA) is 113 Å². The Kier molecular flexibility index (Phi) is 3.87. The average molecular weight is 376 g/mol. The summed E-state index contributed by atoms with van der Waals surface area (Å²) >= 11 is 4.47. The van der Waals surface area contributed by atoms with Gasteiger partial charge in [-0.15, -0.1) is 27.8 Å². The first-order valence-electron chi connectivity index (χ1n) is 7.01. The van der Waals surface area contributed by atoms with Crippen LogP contribution < -0.4 is 11.3 Å². The van der Waals surface area contributed by atoms with Crippen LogP contribution in [0, 0.1) is 0 Å². The van der Waals surface area contributed by atoms with Crippen LogP contribution in [0.2, 0.25) is 0 Å². The molecule has 0 aliphatic rings. The van der Waals surface area contributed by atoms with Crippen molar-refractivity contribution in [1.29, 1.82) is 0 Å². The standard InChI is InChI=1S/C14H12N6OS3/c1-6(24-14-18-13(15)19-20-14)10-16-11(21)9-7(5-23-12(9)17-10)8-3-2-4-22-8/h2-6H,1H3,(H,16,17,21)(H3,15,18,19,20)/t6-/m0/s1. The number of thiophene rings is 2. The molecule has 0 fully saturated rings. The third-order valence-corrected chi connectivity index (χ3v) is 6.14. The van der Waals surface area contributed by atoms with E-state index in [9.17, 15) is 4.79 Å². The average Bonchev–Trinajstić information content (AvgIpc) is 3.27. The van der Waals surface area contributed by atoms with Gasteiger partial charge in [-0.1, -0.05) is 17.8 Å². The number of nitrogens with one attached hydrogen (secondary N) is 2. The van der Waals surface area contributed by atoms with Crippen molar-refractivity contribution in [2.45, 2.75) is 17.3 Å². The number of rotatable bonds is 4. The third kappa shape index (κ3) is 2.72. The maximum atomic E-state index is 12.6. The van der Waals surface area contributed by atoms with E-state index in [0.717, 1.165) is 15.3 Å². The zero-order valence-corrected chi connectivity index (χ0v) is 14.9. The van der Waals surface area contributed by atoms with E-state index in [1.807, 2.05) is 29.8 Å². The molecule has 0 saturated carbocycles. The molecule has 4 rings (SSSR count). The van der Waals surface area contributed by atoms with Crippen molar-refractivity contribution in [2.24, 2.45) is 0 Å². The van der Waals surface area contributed by atoms with Gasteiger partial charge in [0.1, 0.15) is 10.7 Å². The summed E-state index contributed by atoms with van der Waals surface area (Å²) in [5.41, 5.74) is 6.34. The van der Waals surface area contributed by atoms with Gasteiger partial charge in [-0.3, -0.25) is 4.79 Å². The molecule has 0 bridgehead atoms. The summed E-state index contributed by atoms with van der Waals surface area (Å²) < 4.78 is 0. The molecule has 0 radical (unpaired) electrons. The maximum absolute atomic E-state index is 12.6. The fourth-order valence-corrected chi connectivity index (χ4v) is 4.85. The van der Waals surface area contributed by atoms with Crippen LogP contribution in [0.3, 0.4) is 0 Å². The summed E-state index contributed by atoms with van der Waals surface area (Å²) in [6.45, 7) is 1.94. The first-order valence-corrected chi connectivity index (χ1v) is 9.65. The highest BCUT2D eigenvalue weighted by molar-refractivity contribution is 7.99. The zero-order chi connectivity index (χ0) is 16.7. The van der Waals surface area contributed by atoms with E-state index in [0.29, 0.717) is 16.4 Å². The molecular weight excluding hydrogens is 364 g/mol. The molecule has 0 amide bonds. The van der Waals surface area contributed by atoms with Crippen molar-refractivity contribution < 1.29 is 0 Å². The highest BCUT2D eigenvalue weighted by Crippen LogP contribution is 2.35. The summed E-state index contributed by atoms with van der Waals surface area (Å²) in [6, 6.07) is 3.98. The largest absolute Gasteiger partial charge is 0.368 e. The highest BCUT2D eigenvalue weighted by atomic mass is 32.2. The fraction of sp³-hybridized carbons (Fsp3) is 0.143. The third-order valence-electron chi connectivity index (χ3n) is 3.40. The molecule has 4 aromatic heterocycles. The monoisotopic (exact) mass is 376 g/mol. The normalized spacial score (nSPS) is 12.7. The van der Waals surface area contributed by atoms with E-state index in [1.165, 1.54) is 23.1 Å². The molecular formula is C14H12N6OS3. The lowest BCUT2D eigenvalue weighted by Crippen LogP contribution is -2.12. The highest BCUT2D eigenvalue weighted by Gasteiger charge is 2.18. The second-order valence-corrected chi connectivity index (χ2v) is 8.14. The molecule has 1 atom stereocenters. The van der Waals surface area contributed by atoms with Crippen LogP contribution in [0.15, 0.2) is 32.8 Å². The molecule has 10 heteroatoms. The zero-order valence-electron chi connectivity index (χ0n) is 12.4. The van der Waals surface area contributed by atoms with Crippen molar-refractivity contribution in [3.63, 3.8) is 0 Å². The van der Waals surface area contributed by atoms with Gasteiger partial charge in [0.2, 0.25) is 11.1 Å². The van der Waals surface area contributed by atoms with E-state index in [-0.39, 0.29) is 16.8 Å². The van der Waals surface area contributed by atoms with E-state index in [1.54, 1.807) is 11.3 Å². The number of anilines is 1. The van der Waals surface area contributed by atoms with Gasteiger partial charge in [0.05, 0.1) is 10.6 Å².